The summed E-state index contributed by atoms with van der Waals surface area (Å²) in [5, 5.41) is 32.3. The zero-order valence-electron chi connectivity index (χ0n) is 74.3. The maximum absolute atomic E-state index is 17.3. The van der Waals surface area contributed by atoms with Crippen LogP contribution in [0.1, 0.15) is 93.1 Å². The standard InChI is InChI=1S/C32H28ClF3N6O4.C31H26ClF3N6O4.C31H27ClF3N5O5S/c1-6-19(44)40-11-12-41-17(13-40)31(45)39(5)28-22-29(25(36)21(23(28)33)20-18(43)8-7-16(34)24(20)35)42(32(46)38-30(22)41)27-15(4)9-10-37-26(27)14(2)3;1-5-18(43)39-10-11-40-16(12-39)30(44)37-26-21-28(24(35)20(22(26)32)19-17(42)7-6-15(33)23(19)34)41(31(45)38-29(21)40)27-14(4)8-9-36-25(27)13(2)3;1-5-19(42)38-10-11-39-16(12-38)13-46(44,45)29-22-28(25(35)21(23(29)32)20-18(41)7-6-17(33)24(20)34)40(31(43)37-30(22)39)27-15(4)8-9-36-26(27)14(2)3/h6-10,14,17,43H,1,11-13H2,2-5H3;5-9,13,16,42H,1,10-12H2,2-4H3,(H,37,44);5-9,14,16,41H,1,10-13H2,2-4H3. The number of aromatic nitrogens is 9. The molecule has 12 heterocycles. The number of hydrogen-bond acceptors (Lipinski definition) is 22. The number of sulfone groups is 1. The summed E-state index contributed by atoms with van der Waals surface area (Å²) in [5.41, 5.74) is -6.90. The first kappa shape index (κ1) is 95.9. The number of carbonyl (C=O) groups is 5. The van der Waals surface area contributed by atoms with Crippen LogP contribution < -0.4 is 42.0 Å². The van der Waals surface area contributed by atoms with Crippen molar-refractivity contribution >= 4 is 136 Å². The van der Waals surface area contributed by atoms with Crippen LogP contribution in [0.5, 0.6) is 17.2 Å². The fourth-order valence-electron chi connectivity index (χ4n) is 18.6. The van der Waals surface area contributed by atoms with Gasteiger partial charge in [0.15, 0.2) is 62.2 Å². The lowest BCUT2D eigenvalue weighted by Gasteiger charge is -2.41. The largest absolute Gasteiger partial charge is 0.507 e. The second-order valence-corrected chi connectivity index (χ2v) is 37.2. The Morgan fingerprint density at radius 2 is 0.788 bits per heavy atom. The van der Waals surface area contributed by atoms with Crippen LogP contribution in [0, 0.1) is 73.1 Å². The van der Waals surface area contributed by atoms with Crippen LogP contribution in [-0.2, 0) is 33.8 Å². The molecule has 137 heavy (non-hydrogen) atoms. The molecule has 0 aliphatic carbocycles. The molecule has 0 spiro atoms. The molecule has 3 saturated heterocycles. The van der Waals surface area contributed by atoms with E-state index in [4.69, 9.17) is 34.8 Å². The number of aryl methyl sites for hydroxylation is 3. The Kier molecular flexibility index (Phi) is 25.3. The van der Waals surface area contributed by atoms with Crippen LogP contribution >= 0.6 is 34.8 Å². The number of carbonyl (C=O) groups excluding carboxylic acids is 5. The lowest BCUT2D eigenvalue weighted by Crippen LogP contribution is -2.60. The number of likely N-dealkylation sites (N-methyl/N-ethyl adjacent to an activating group) is 1. The van der Waals surface area contributed by atoms with Gasteiger partial charge in [-0.05, 0) is 128 Å². The summed E-state index contributed by atoms with van der Waals surface area (Å²) in [5.74, 6) is -20.0. The Hall–Kier alpha value is -14.3. The second-order valence-electron chi connectivity index (χ2n) is 34.1. The van der Waals surface area contributed by atoms with Gasteiger partial charge in [-0.2, -0.15) is 15.0 Å². The van der Waals surface area contributed by atoms with Gasteiger partial charge in [0, 0.05) is 88.1 Å². The number of phenols is 3. The van der Waals surface area contributed by atoms with E-state index in [2.05, 4.69) is 55.0 Å². The zero-order chi connectivity index (χ0) is 99.2. The third-order valence-electron chi connectivity index (χ3n) is 25.0. The summed E-state index contributed by atoms with van der Waals surface area (Å²) >= 11 is 20.3. The van der Waals surface area contributed by atoms with Gasteiger partial charge >= 0.3 is 17.1 Å². The fraction of sp³-hybridized carbons (Fsp3) is 0.277. The molecule has 30 nitrogen and oxygen atoms in total. The van der Waals surface area contributed by atoms with Gasteiger partial charge < -0.3 is 54.9 Å². The molecule has 5 amide bonds. The van der Waals surface area contributed by atoms with E-state index in [1.54, 1.807) is 59.0 Å². The SMILES string of the molecule is C=CC(=O)N1CCN2c3nc(=O)n(-c4c(C)ccnc4C(C)C)c4c(F)c(-c5c(O)ccc(F)c5F)c(Cl)c(c34)N(C)C(=O)C2C1.C=CC(=O)N1CCN2c3nc(=O)n(-c4c(C)ccnc4C(C)C)c4c(F)c(-c5c(O)ccc(F)c5F)c(Cl)c(c34)NC(=O)C2C1.C=CC(=O)N1CCN2c3nc(=O)n(-c4c(C)ccnc4C(C)C)c4c(F)c(-c5c(O)ccc(F)c5F)c(Cl)c(c34)S(=O)(=O)CC2C1. The van der Waals surface area contributed by atoms with Crippen molar-refractivity contribution in [1.29, 1.82) is 0 Å². The molecular weight excluding hydrogens is 1880 g/mol. The minimum Gasteiger partial charge on any atom is -0.507 e. The number of anilines is 5. The number of phenolic OH excluding ortho intramolecular Hbond substituents is 3. The lowest BCUT2D eigenvalue weighted by molar-refractivity contribution is -0.129. The number of fused-ring (bicyclic) bond motifs is 6. The van der Waals surface area contributed by atoms with Gasteiger partial charge in [-0.1, -0.05) is 96.1 Å². The minimum atomic E-state index is -4.55. The highest BCUT2D eigenvalue weighted by Crippen LogP contribution is 2.55. The molecule has 0 radical (unpaired) electrons. The molecule has 3 unspecified atom stereocenters. The molecule has 12 aromatic rings. The number of amides is 5. The van der Waals surface area contributed by atoms with E-state index in [0.29, 0.717) is 52.0 Å². The molecule has 3 atom stereocenters. The van der Waals surface area contributed by atoms with Gasteiger partial charge in [0.2, 0.25) is 23.6 Å². The van der Waals surface area contributed by atoms with E-state index in [0.717, 1.165) is 55.0 Å². The zero-order valence-corrected chi connectivity index (χ0v) is 77.4. The smallest absolute Gasteiger partial charge is 0.354 e. The normalized spacial score (nSPS) is 16.5. The quantitative estimate of drug-likeness (QED) is 0.0501. The molecule has 6 aromatic heterocycles. The van der Waals surface area contributed by atoms with E-state index in [9.17, 15) is 75.3 Å². The van der Waals surface area contributed by atoms with Crippen molar-refractivity contribution in [3.05, 3.63) is 244 Å². The molecule has 6 aliphatic rings. The molecule has 3 fully saturated rings. The third kappa shape index (κ3) is 15.6. The van der Waals surface area contributed by atoms with Gasteiger partial charge in [-0.15, -0.1) is 0 Å². The summed E-state index contributed by atoms with van der Waals surface area (Å²) in [4.78, 5) is 143. The van der Waals surface area contributed by atoms with Crippen LogP contribution in [0.15, 0.2) is 130 Å². The fourth-order valence-corrected chi connectivity index (χ4v) is 21.8. The first-order valence-electron chi connectivity index (χ1n) is 42.5. The molecule has 4 N–H and O–H groups in total. The molecule has 18 rings (SSSR count). The molecule has 43 heteroatoms. The van der Waals surface area contributed by atoms with Crippen molar-refractivity contribution in [3.8, 4) is 67.7 Å². The first-order chi connectivity index (χ1) is 64.8. The Labute approximate surface area is 788 Å². The third-order valence-corrected chi connectivity index (χ3v) is 28.1. The van der Waals surface area contributed by atoms with Crippen LogP contribution in [0.25, 0.3) is 83.2 Å². The molecule has 710 valence electrons. The lowest BCUT2D eigenvalue weighted by atomic mass is 9.98. The van der Waals surface area contributed by atoms with E-state index in [-0.39, 0.29) is 139 Å². The van der Waals surface area contributed by atoms with E-state index >= 15 is 26.3 Å². The van der Waals surface area contributed by atoms with Gasteiger partial charge in [-0.3, -0.25) is 52.6 Å². The monoisotopic (exact) mass is 1960 g/mol. The number of halogens is 12. The maximum Gasteiger partial charge on any atom is 0.354 e. The Morgan fingerprint density at radius 1 is 0.445 bits per heavy atom. The summed E-state index contributed by atoms with van der Waals surface area (Å²) in [6.07, 6.45) is 7.90. The maximum atomic E-state index is 17.3. The van der Waals surface area contributed by atoms with Gasteiger partial charge in [-0.25, -0.2) is 62.3 Å². The molecule has 6 aliphatic heterocycles. The molecular formula is C94H81Cl3F9N17O13S. The van der Waals surface area contributed by atoms with Crippen molar-refractivity contribution in [1.82, 2.24) is 58.3 Å². The van der Waals surface area contributed by atoms with Gasteiger partial charge in [0.05, 0.1) is 129 Å². The molecule has 0 saturated carbocycles. The first-order valence-corrected chi connectivity index (χ1v) is 45.3. The van der Waals surface area contributed by atoms with Gasteiger partial charge in [0.1, 0.15) is 57.8 Å². The number of aromatic hydroxyl groups is 3. The van der Waals surface area contributed by atoms with Crippen molar-refractivity contribution < 1.29 is 87.2 Å². The molecule has 6 aromatic carbocycles. The van der Waals surface area contributed by atoms with Crippen LogP contribution in [-0.4, -0.2) is 201 Å². The number of piperazine rings is 3. The van der Waals surface area contributed by atoms with Crippen molar-refractivity contribution in [2.75, 3.05) is 96.6 Å². The second kappa shape index (κ2) is 36.1. The minimum absolute atomic E-state index is 0.0221. The summed E-state index contributed by atoms with van der Waals surface area (Å²) in [6.45, 7) is 26.6. The number of nitrogens with zero attached hydrogens (tertiary/aromatic N) is 16. The number of pyridine rings is 3. The van der Waals surface area contributed by atoms with E-state index in [1.165, 1.54) is 48.8 Å². The topological polar surface area (TPSA) is 358 Å². The highest BCUT2D eigenvalue weighted by atomic mass is 35.5. The number of hydrogen-bond donors (Lipinski definition) is 4. The van der Waals surface area contributed by atoms with Crippen molar-refractivity contribution in [2.45, 2.75) is 103 Å². The van der Waals surface area contributed by atoms with Crippen LogP contribution in [0.2, 0.25) is 15.1 Å². The number of rotatable bonds is 12. The van der Waals surface area contributed by atoms with Crippen LogP contribution in [0.3, 0.4) is 0 Å². The number of benzene rings is 6. The Balaban J connectivity index is 0.000000149. The average Bonchev–Trinajstić information content (AvgIpc) is 1.66. The Morgan fingerprint density at radius 3 is 1.19 bits per heavy atom. The molecule has 0 bridgehead atoms. The summed E-state index contributed by atoms with van der Waals surface area (Å²) in [6, 6.07) is 6.12. The highest BCUT2D eigenvalue weighted by Gasteiger charge is 2.49. The number of nitrogens with one attached hydrogen (secondary N) is 1. The Bertz CT molecular complexity index is 7680. The highest BCUT2D eigenvalue weighted by molar-refractivity contribution is 7.91. The predicted octanol–water partition coefficient (Wildman–Crippen LogP) is 14.3. The summed E-state index contributed by atoms with van der Waals surface area (Å²) in [7, 11) is -3.19. The van der Waals surface area contributed by atoms with Crippen LogP contribution in [0.4, 0.5) is 68.3 Å². The van der Waals surface area contributed by atoms with E-state index < -0.39 is 220 Å². The average molecular weight is 1970 g/mol. The van der Waals surface area contributed by atoms with Crippen molar-refractivity contribution in [2.24, 2.45) is 0 Å². The predicted molar refractivity (Wildman–Crippen MR) is 496 cm³/mol. The van der Waals surface area contributed by atoms with Crippen molar-refractivity contribution in [3.63, 3.8) is 0 Å². The summed E-state index contributed by atoms with van der Waals surface area (Å²) < 4.78 is 173. The van der Waals surface area contributed by atoms with E-state index in [1.807, 2.05) is 27.7 Å². The van der Waals surface area contributed by atoms with Gasteiger partial charge in [0.25, 0.3) is 5.91 Å².